The zero-order valence-corrected chi connectivity index (χ0v) is 8.83. The minimum Gasteiger partial charge on any atom is -0.387 e. The van der Waals surface area contributed by atoms with Crippen LogP contribution in [0.5, 0.6) is 0 Å². The number of nitrogens with zero attached hydrogens (tertiary/aromatic N) is 1. The van der Waals surface area contributed by atoms with Crippen LogP contribution in [0.1, 0.15) is 14.5 Å². The molecule has 0 spiro atoms. The van der Waals surface area contributed by atoms with E-state index in [0.29, 0.717) is 0 Å². The summed E-state index contributed by atoms with van der Waals surface area (Å²) in [6.45, 7) is -0.0177. The van der Waals surface area contributed by atoms with E-state index in [1.165, 1.54) is 12.3 Å². The molecule has 1 aromatic heterocycles. The SMILES string of the molecule is [2H]C[C@@]12CO[C@@H]([C@H](n3ccc(=O)[nH]c3=O)O1)[C@@H]2O. The van der Waals surface area contributed by atoms with Gasteiger partial charge in [0.05, 0.1) is 6.61 Å². The Morgan fingerprint density at radius 1 is 1.71 bits per heavy atom. The number of aliphatic hydroxyl groups is 1. The van der Waals surface area contributed by atoms with E-state index in [9.17, 15) is 14.7 Å². The van der Waals surface area contributed by atoms with Gasteiger partial charge in [-0.1, -0.05) is 0 Å². The summed E-state index contributed by atoms with van der Waals surface area (Å²) in [4.78, 5) is 24.7. The quantitative estimate of drug-likeness (QED) is 0.629. The van der Waals surface area contributed by atoms with Crippen molar-refractivity contribution in [3.63, 3.8) is 0 Å². The summed E-state index contributed by atoms with van der Waals surface area (Å²) in [5.74, 6) is 0. The van der Waals surface area contributed by atoms with E-state index in [2.05, 4.69) is 4.98 Å². The predicted octanol–water partition coefficient (Wildman–Crippen LogP) is -1.42. The standard InChI is InChI=1S/C10H12N2O5/c1-10-4-16-6(7(10)14)8(17-10)12-3-2-5(13)11-9(12)15/h2-3,6-8,14H,4H2,1H3,(H,11,13,15)/t6-,7+,8-,10+/m1/s1/i1D. The molecule has 2 fully saturated rings. The maximum Gasteiger partial charge on any atom is 0.330 e. The van der Waals surface area contributed by atoms with Crippen molar-refractivity contribution in [1.82, 2.24) is 9.55 Å². The van der Waals surface area contributed by atoms with Crippen LogP contribution in [0.25, 0.3) is 0 Å². The minimum absolute atomic E-state index is 0.136. The fourth-order valence-corrected chi connectivity index (χ4v) is 2.21. The Bertz CT molecular complexity index is 584. The van der Waals surface area contributed by atoms with Crippen molar-refractivity contribution in [1.29, 1.82) is 0 Å². The molecule has 0 saturated carbocycles. The van der Waals surface area contributed by atoms with E-state index in [1.807, 2.05) is 0 Å². The zero-order valence-electron chi connectivity index (χ0n) is 9.83. The Labute approximate surface area is 97.0 Å². The molecule has 1 aromatic rings. The molecule has 17 heavy (non-hydrogen) atoms. The van der Waals surface area contributed by atoms with Gasteiger partial charge in [0.1, 0.15) is 17.8 Å². The van der Waals surface area contributed by atoms with Crippen LogP contribution in [0.3, 0.4) is 0 Å². The Morgan fingerprint density at radius 2 is 2.53 bits per heavy atom. The lowest BCUT2D eigenvalue weighted by molar-refractivity contribution is -0.167. The number of ether oxygens (including phenoxy) is 2. The highest BCUT2D eigenvalue weighted by Gasteiger charge is 2.59. The van der Waals surface area contributed by atoms with E-state index >= 15 is 0 Å². The van der Waals surface area contributed by atoms with Crippen LogP contribution in [0, 0.1) is 0 Å². The van der Waals surface area contributed by atoms with Gasteiger partial charge in [-0.05, 0) is 6.90 Å². The smallest absolute Gasteiger partial charge is 0.330 e. The summed E-state index contributed by atoms with van der Waals surface area (Å²) in [6, 6.07) is 1.19. The van der Waals surface area contributed by atoms with Gasteiger partial charge in [0, 0.05) is 13.6 Å². The molecule has 2 aliphatic heterocycles. The van der Waals surface area contributed by atoms with Crippen LogP contribution in [-0.2, 0) is 9.47 Å². The molecule has 2 saturated heterocycles. The van der Waals surface area contributed by atoms with E-state index in [-0.39, 0.29) is 13.5 Å². The van der Waals surface area contributed by atoms with Gasteiger partial charge in [-0.2, -0.15) is 0 Å². The molecule has 2 N–H and O–H groups in total. The first-order valence-electron chi connectivity index (χ1n) is 5.86. The normalized spacial score (nSPS) is 40.5. The van der Waals surface area contributed by atoms with E-state index < -0.39 is 35.3 Å². The lowest BCUT2D eigenvalue weighted by Crippen LogP contribution is -2.39. The summed E-state index contributed by atoms with van der Waals surface area (Å²) in [6.07, 6.45) is -1.17. The van der Waals surface area contributed by atoms with Gasteiger partial charge in [-0.3, -0.25) is 14.3 Å². The molecule has 0 amide bonds. The van der Waals surface area contributed by atoms with Crippen LogP contribution < -0.4 is 11.2 Å². The number of rotatable bonds is 1. The molecular formula is C10H12N2O5. The summed E-state index contributed by atoms with van der Waals surface area (Å²) in [5.41, 5.74) is -2.21. The molecule has 0 aliphatic carbocycles. The fourth-order valence-electron chi connectivity index (χ4n) is 2.21. The summed E-state index contributed by atoms with van der Waals surface area (Å²) >= 11 is 0. The third-order valence-electron chi connectivity index (χ3n) is 3.13. The van der Waals surface area contributed by atoms with Crippen molar-refractivity contribution in [2.75, 3.05) is 6.61 Å². The number of hydrogen-bond acceptors (Lipinski definition) is 5. The van der Waals surface area contributed by atoms with Crippen molar-refractivity contribution in [3.05, 3.63) is 33.1 Å². The first-order valence-corrected chi connectivity index (χ1v) is 5.16. The summed E-state index contributed by atoms with van der Waals surface area (Å²) in [5, 5.41) is 10.00. The van der Waals surface area contributed by atoms with E-state index in [4.69, 9.17) is 10.8 Å². The molecule has 2 bridgehead atoms. The average molecular weight is 241 g/mol. The highest BCUT2D eigenvalue weighted by atomic mass is 16.6. The summed E-state index contributed by atoms with van der Waals surface area (Å²) < 4.78 is 19.6. The maximum atomic E-state index is 11.6. The summed E-state index contributed by atoms with van der Waals surface area (Å²) in [7, 11) is 0. The van der Waals surface area contributed by atoms with Gasteiger partial charge in [0.15, 0.2) is 6.23 Å². The maximum absolute atomic E-state index is 11.6. The Kier molecular flexibility index (Phi) is 1.85. The number of fused-ring (bicyclic) bond motifs is 2. The van der Waals surface area contributed by atoms with Gasteiger partial charge >= 0.3 is 5.69 Å². The van der Waals surface area contributed by atoms with Gasteiger partial charge in [-0.25, -0.2) is 4.79 Å². The predicted molar refractivity (Wildman–Crippen MR) is 55.6 cm³/mol. The molecular weight excluding hydrogens is 228 g/mol. The number of aromatic nitrogens is 2. The van der Waals surface area contributed by atoms with Gasteiger partial charge in [0.25, 0.3) is 5.56 Å². The van der Waals surface area contributed by atoms with Crippen molar-refractivity contribution >= 4 is 0 Å². The molecule has 7 heteroatoms. The molecule has 0 radical (unpaired) electrons. The van der Waals surface area contributed by atoms with Crippen molar-refractivity contribution in [2.24, 2.45) is 0 Å². The average Bonchev–Trinajstić information content (AvgIpc) is 2.81. The number of hydrogen-bond donors (Lipinski definition) is 2. The number of aromatic amines is 1. The second-order valence-electron chi connectivity index (χ2n) is 4.31. The third kappa shape index (κ3) is 1.40. The lowest BCUT2D eigenvalue weighted by Gasteiger charge is -2.27. The number of H-pyrrole nitrogens is 1. The first-order chi connectivity index (χ1) is 8.57. The van der Waals surface area contributed by atoms with Crippen molar-refractivity contribution < 1.29 is 16.0 Å². The molecule has 3 rings (SSSR count). The molecule has 0 aromatic carbocycles. The van der Waals surface area contributed by atoms with Crippen molar-refractivity contribution in [2.45, 2.75) is 30.9 Å². The van der Waals surface area contributed by atoms with E-state index in [0.717, 1.165) is 4.57 Å². The molecule has 92 valence electrons. The largest absolute Gasteiger partial charge is 0.387 e. The van der Waals surface area contributed by atoms with Crippen LogP contribution in [0.15, 0.2) is 21.9 Å². The Balaban J connectivity index is 2.01. The molecule has 2 aliphatic rings. The molecule has 4 atom stereocenters. The highest BCUT2D eigenvalue weighted by Crippen LogP contribution is 2.43. The van der Waals surface area contributed by atoms with Crippen LogP contribution in [0.2, 0.25) is 0 Å². The third-order valence-corrected chi connectivity index (χ3v) is 3.13. The van der Waals surface area contributed by atoms with Crippen LogP contribution in [0.4, 0.5) is 0 Å². The zero-order chi connectivity index (χ0) is 12.9. The fraction of sp³-hybridized carbons (Fsp3) is 0.600. The molecule has 7 nitrogen and oxygen atoms in total. The number of aliphatic hydroxyl groups excluding tert-OH is 1. The second-order valence-corrected chi connectivity index (χ2v) is 4.31. The Hall–Kier alpha value is -1.44. The highest BCUT2D eigenvalue weighted by molar-refractivity contribution is 5.05. The topological polar surface area (TPSA) is 93.6 Å². The monoisotopic (exact) mass is 241 g/mol. The van der Waals surface area contributed by atoms with Gasteiger partial charge in [0.2, 0.25) is 0 Å². The number of nitrogens with one attached hydrogen (secondary N) is 1. The molecule has 3 heterocycles. The van der Waals surface area contributed by atoms with Gasteiger partial charge in [-0.15, -0.1) is 0 Å². The van der Waals surface area contributed by atoms with Gasteiger partial charge < -0.3 is 14.6 Å². The first kappa shape index (κ1) is 9.58. The Morgan fingerprint density at radius 3 is 3.18 bits per heavy atom. The van der Waals surface area contributed by atoms with Crippen LogP contribution >= 0.6 is 0 Å². The molecule has 0 unspecified atom stereocenters. The van der Waals surface area contributed by atoms with Crippen LogP contribution in [-0.4, -0.2) is 39.1 Å². The second kappa shape index (κ2) is 3.28. The van der Waals surface area contributed by atoms with E-state index in [1.54, 1.807) is 0 Å². The lowest BCUT2D eigenvalue weighted by atomic mass is 10.0. The van der Waals surface area contributed by atoms with Crippen molar-refractivity contribution in [3.8, 4) is 0 Å². The minimum atomic E-state index is -1.08.